The van der Waals surface area contributed by atoms with Gasteiger partial charge in [-0.1, -0.05) is 0 Å². The molecule has 7 heteroatoms. The Hall–Kier alpha value is -1.76. The van der Waals surface area contributed by atoms with Crippen LogP contribution in [0, 0.1) is 0 Å². The zero-order valence-electron chi connectivity index (χ0n) is 9.11. The number of methoxy groups -OCH3 is 1. The van der Waals surface area contributed by atoms with Gasteiger partial charge in [0.05, 0.1) is 24.8 Å². The number of carbonyl (C=O) groups excluding carboxylic acids is 1. The average Bonchev–Trinajstić information content (AvgIpc) is 2.28. The van der Waals surface area contributed by atoms with Crippen molar-refractivity contribution in [1.82, 2.24) is 4.98 Å². The molecule has 0 aliphatic carbocycles. The first-order chi connectivity index (χ1) is 8.01. The van der Waals surface area contributed by atoms with Crippen molar-refractivity contribution in [2.75, 3.05) is 7.11 Å². The largest absolute Gasteiger partial charge is 0.505 e. The lowest BCUT2D eigenvalue weighted by molar-refractivity contribution is -0.139. The van der Waals surface area contributed by atoms with E-state index in [2.05, 4.69) is 9.72 Å². The summed E-state index contributed by atoms with van der Waals surface area (Å²) in [5, 5.41) is 9.55. The lowest BCUT2D eigenvalue weighted by Crippen LogP contribution is -2.10. The Morgan fingerprint density at radius 2 is 2.29 bits per heavy atom. The molecule has 1 aromatic rings. The number of nitrogens with two attached hydrogens (primary N) is 1. The van der Waals surface area contributed by atoms with Gasteiger partial charge in [-0.3, -0.25) is 9.78 Å². The van der Waals surface area contributed by atoms with Crippen molar-refractivity contribution in [3.8, 4) is 5.75 Å². The molecule has 0 radical (unpaired) electrons. The van der Waals surface area contributed by atoms with Crippen molar-refractivity contribution in [1.29, 1.82) is 0 Å². The summed E-state index contributed by atoms with van der Waals surface area (Å²) in [5.74, 6) is -1.35. The lowest BCUT2D eigenvalue weighted by atomic mass is 10.0. The number of hydrogen-bond acceptors (Lipinski definition) is 5. The fourth-order valence-corrected chi connectivity index (χ4v) is 1.36. The minimum atomic E-state index is -2.91. The molecule has 94 valence electrons. The zero-order valence-corrected chi connectivity index (χ0v) is 9.11. The van der Waals surface area contributed by atoms with Gasteiger partial charge in [0.25, 0.3) is 6.43 Å². The van der Waals surface area contributed by atoms with E-state index in [4.69, 9.17) is 5.73 Å². The highest BCUT2D eigenvalue weighted by Gasteiger charge is 2.22. The molecule has 0 amide bonds. The topological polar surface area (TPSA) is 85.4 Å². The first-order valence-corrected chi connectivity index (χ1v) is 4.75. The fraction of sp³-hybridized carbons (Fsp3) is 0.400. The number of halogens is 2. The van der Waals surface area contributed by atoms with Crippen molar-refractivity contribution in [2.45, 2.75) is 19.4 Å². The van der Waals surface area contributed by atoms with Gasteiger partial charge in [-0.15, -0.1) is 0 Å². The van der Waals surface area contributed by atoms with Crippen LogP contribution in [-0.4, -0.2) is 23.2 Å². The fourth-order valence-electron chi connectivity index (χ4n) is 1.36. The first-order valence-electron chi connectivity index (χ1n) is 4.75. The van der Waals surface area contributed by atoms with E-state index in [-0.39, 0.29) is 24.2 Å². The molecule has 1 heterocycles. The number of aromatic hydroxyl groups is 1. The van der Waals surface area contributed by atoms with E-state index in [1.54, 1.807) is 0 Å². The van der Waals surface area contributed by atoms with E-state index < -0.39 is 23.7 Å². The molecule has 1 rings (SSSR count). The Morgan fingerprint density at radius 1 is 1.65 bits per heavy atom. The first kappa shape index (κ1) is 13.3. The number of esters is 1. The van der Waals surface area contributed by atoms with Gasteiger partial charge < -0.3 is 15.6 Å². The van der Waals surface area contributed by atoms with Crippen molar-refractivity contribution < 1.29 is 23.4 Å². The second-order valence-corrected chi connectivity index (χ2v) is 3.25. The number of alkyl halides is 2. The number of nitrogens with zero attached hydrogens (tertiary/aromatic N) is 1. The zero-order chi connectivity index (χ0) is 13.0. The average molecular weight is 246 g/mol. The molecule has 0 saturated carbocycles. The van der Waals surface area contributed by atoms with Gasteiger partial charge in [0.1, 0.15) is 5.75 Å². The molecule has 1 aromatic heterocycles. The summed E-state index contributed by atoms with van der Waals surface area (Å²) >= 11 is 0. The number of aromatic nitrogens is 1. The van der Waals surface area contributed by atoms with Crippen LogP contribution >= 0.6 is 0 Å². The second-order valence-electron chi connectivity index (χ2n) is 3.25. The maximum atomic E-state index is 12.8. The third kappa shape index (κ3) is 2.88. The van der Waals surface area contributed by atoms with Gasteiger partial charge in [-0.25, -0.2) is 8.78 Å². The highest BCUT2D eigenvalue weighted by atomic mass is 19.3. The van der Waals surface area contributed by atoms with Gasteiger partial charge in [0.15, 0.2) is 0 Å². The number of pyridine rings is 1. The molecule has 0 aliphatic heterocycles. The van der Waals surface area contributed by atoms with Crippen molar-refractivity contribution in [3.63, 3.8) is 0 Å². The van der Waals surface area contributed by atoms with Gasteiger partial charge in [-0.2, -0.15) is 0 Å². The Morgan fingerprint density at radius 3 is 2.76 bits per heavy atom. The van der Waals surface area contributed by atoms with Crippen LogP contribution in [-0.2, 0) is 22.5 Å². The van der Waals surface area contributed by atoms with Crippen molar-refractivity contribution >= 4 is 5.97 Å². The Balaban J connectivity index is 3.21. The number of carbonyl (C=O) groups is 1. The third-order valence-corrected chi connectivity index (χ3v) is 2.22. The quantitative estimate of drug-likeness (QED) is 0.771. The number of hydrogen-bond donors (Lipinski definition) is 2. The highest BCUT2D eigenvalue weighted by Crippen LogP contribution is 2.33. The van der Waals surface area contributed by atoms with E-state index in [0.29, 0.717) is 0 Å². The van der Waals surface area contributed by atoms with Crippen LogP contribution in [0.2, 0.25) is 0 Å². The standard InChI is InChI=1S/C10H12F2N2O3/c1-17-7(15)2-5-4-14-6(3-13)9(16)8(5)10(11)12/h4,10,16H,2-3,13H2,1H3. The summed E-state index contributed by atoms with van der Waals surface area (Å²) in [6, 6.07) is 0. The molecule has 5 nitrogen and oxygen atoms in total. The molecule has 3 N–H and O–H groups in total. The lowest BCUT2D eigenvalue weighted by Gasteiger charge is -2.12. The van der Waals surface area contributed by atoms with Crippen molar-refractivity contribution in [3.05, 3.63) is 23.0 Å². The van der Waals surface area contributed by atoms with Gasteiger partial charge >= 0.3 is 5.97 Å². The molecule has 0 atom stereocenters. The maximum Gasteiger partial charge on any atom is 0.310 e. The summed E-state index contributed by atoms with van der Waals surface area (Å²) < 4.78 is 29.9. The predicted molar refractivity (Wildman–Crippen MR) is 54.5 cm³/mol. The molecule has 17 heavy (non-hydrogen) atoms. The maximum absolute atomic E-state index is 12.8. The van der Waals surface area contributed by atoms with Crippen LogP contribution in [0.25, 0.3) is 0 Å². The van der Waals surface area contributed by atoms with Gasteiger partial charge in [-0.05, 0) is 5.56 Å². The van der Waals surface area contributed by atoms with E-state index in [9.17, 15) is 18.7 Å². The summed E-state index contributed by atoms with van der Waals surface area (Å²) in [7, 11) is 1.14. The Bertz CT molecular complexity index is 424. The summed E-state index contributed by atoms with van der Waals surface area (Å²) in [6.45, 7) is -0.163. The normalized spacial score (nSPS) is 10.6. The molecular formula is C10H12F2N2O3. The molecule has 0 bridgehead atoms. The van der Waals surface area contributed by atoms with Gasteiger partial charge in [0.2, 0.25) is 0 Å². The molecular weight excluding hydrogens is 234 g/mol. The molecule has 0 aliphatic rings. The number of ether oxygens (including phenoxy) is 1. The van der Waals surface area contributed by atoms with Crippen LogP contribution in [0.3, 0.4) is 0 Å². The molecule has 0 saturated heterocycles. The van der Waals surface area contributed by atoms with Crippen LogP contribution in [0.15, 0.2) is 6.20 Å². The number of rotatable bonds is 4. The predicted octanol–water partition coefficient (Wildman–Crippen LogP) is 0.899. The molecule has 0 fully saturated rings. The second kappa shape index (κ2) is 5.53. The van der Waals surface area contributed by atoms with E-state index in [1.807, 2.05) is 0 Å². The minimum Gasteiger partial charge on any atom is -0.505 e. The molecule has 0 aromatic carbocycles. The summed E-state index contributed by atoms with van der Waals surface area (Å²) in [5.41, 5.74) is 4.52. The monoisotopic (exact) mass is 246 g/mol. The highest BCUT2D eigenvalue weighted by molar-refractivity contribution is 5.73. The van der Waals surface area contributed by atoms with Crippen LogP contribution in [0.4, 0.5) is 8.78 Å². The molecule has 0 unspecified atom stereocenters. The van der Waals surface area contributed by atoms with Crippen LogP contribution in [0.1, 0.15) is 23.2 Å². The smallest absolute Gasteiger partial charge is 0.310 e. The van der Waals surface area contributed by atoms with Crippen LogP contribution < -0.4 is 5.73 Å². The summed E-state index contributed by atoms with van der Waals surface area (Å²) in [4.78, 5) is 14.7. The van der Waals surface area contributed by atoms with Gasteiger partial charge in [0, 0.05) is 12.7 Å². The minimum absolute atomic E-state index is 0.0334. The van der Waals surface area contributed by atoms with E-state index >= 15 is 0 Å². The summed E-state index contributed by atoms with van der Waals surface area (Å²) in [6.07, 6.45) is -2.19. The third-order valence-electron chi connectivity index (χ3n) is 2.22. The SMILES string of the molecule is COC(=O)Cc1cnc(CN)c(O)c1C(F)F. The van der Waals surface area contributed by atoms with E-state index in [0.717, 1.165) is 13.3 Å². The van der Waals surface area contributed by atoms with Crippen LogP contribution in [0.5, 0.6) is 5.75 Å². The Labute approximate surface area is 96.2 Å². The Kier molecular flexibility index (Phi) is 4.33. The van der Waals surface area contributed by atoms with Crippen molar-refractivity contribution in [2.24, 2.45) is 5.73 Å². The molecule has 0 spiro atoms. The van der Waals surface area contributed by atoms with E-state index in [1.165, 1.54) is 0 Å².